The summed E-state index contributed by atoms with van der Waals surface area (Å²) in [5.41, 5.74) is 2.30. The minimum Gasteiger partial charge on any atom is -0.508 e. The van der Waals surface area contributed by atoms with E-state index in [0.29, 0.717) is 5.75 Å². The van der Waals surface area contributed by atoms with Gasteiger partial charge in [0, 0.05) is 4.90 Å². The number of nitrogens with one attached hydrogen (secondary N) is 1. The molecule has 24 heavy (non-hydrogen) atoms. The molecule has 0 bridgehead atoms. The maximum atomic E-state index is 9.18. The lowest BCUT2D eigenvalue weighted by atomic mass is 10.1. The van der Waals surface area contributed by atoms with Gasteiger partial charge in [-0.05, 0) is 72.5 Å². The van der Waals surface area contributed by atoms with Gasteiger partial charge in [-0.15, -0.1) is 11.8 Å². The molecule has 2 N–H and O–H groups in total. The van der Waals surface area contributed by atoms with Crippen molar-refractivity contribution in [2.75, 3.05) is 19.3 Å². The Balaban J connectivity index is 0.000000191. The zero-order chi connectivity index (χ0) is 17.5. The minimum atomic E-state index is 0.305. The summed E-state index contributed by atoms with van der Waals surface area (Å²) in [5, 5.41) is 12.5. The molecule has 2 fully saturated rings. The number of aromatic hydroxyl groups is 1. The van der Waals surface area contributed by atoms with Gasteiger partial charge in [0.05, 0.1) is 0 Å². The summed E-state index contributed by atoms with van der Waals surface area (Å²) in [6, 6.07) is 15.7. The number of piperidine rings is 1. The molecule has 130 valence electrons. The van der Waals surface area contributed by atoms with Gasteiger partial charge in [0.2, 0.25) is 0 Å². The summed E-state index contributed by atoms with van der Waals surface area (Å²) < 4.78 is 0. The lowest BCUT2D eigenvalue weighted by molar-refractivity contribution is 0.475. The third-order valence-corrected chi connectivity index (χ3v) is 5.55. The zero-order valence-corrected chi connectivity index (χ0v) is 15.9. The topological polar surface area (TPSA) is 32.3 Å². The standard InChI is InChI=1S/C13H12OS.C6H11N.C2H6/c1-15-13-8-4-11(5-9-13)10-2-6-12(14)7-3-10;1-4-5-2-7-3-6(4)5;1-2/h2-9,14H,1H3;4-7H,2-3H2,1H3;1-2H3. The molecule has 0 radical (unpaired) electrons. The first-order valence-electron chi connectivity index (χ1n) is 8.83. The van der Waals surface area contributed by atoms with E-state index in [1.54, 1.807) is 23.9 Å². The van der Waals surface area contributed by atoms with Crippen LogP contribution in [0.15, 0.2) is 53.4 Å². The summed E-state index contributed by atoms with van der Waals surface area (Å²) in [7, 11) is 0. The van der Waals surface area contributed by atoms with E-state index in [4.69, 9.17) is 0 Å². The molecular weight excluding hydrogens is 314 g/mol. The molecule has 3 heteroatoms. The van der Waals surface area contributed by atoms with E-state index >= 15 is 0 Å². The molecule has 2 atom stereocenters. The second-order valence-electron chi connectivity index (χ2n) is 6.12. The Morgan fingerprint density at radius 2 is 1.33 bits per heavy atom. The number of rotatable bonds is 2. The van der Waals surface area contributed by atoms with Crippen molar-refractivity contribution in [3.8, 4) is 16.9 Å². The molecule has 1 aliphatic carbocycles. The first-order chi connectivity index (χ1) is 11.7. The molecule has 0 aromatic heterocycles. The maximum Gasteiger partial charge on any atom is 0.115 e. The molecule has 1 saturated heterocycles. The van der Waals surface area contributed by atoms with Gasteiger partial charge < -0.3 is 10.4 Å². The zero-order valence-electron chi connectivity index (χ0n) is 15.1. The van der Waals surface area contributed by atoms with E-state index in [1.165, 1.54) is 23.5 Å². The van der Waals surface area contributed by atoms with Crippen LogP contribution in [0.2, 0.25) is 0 Å². The van der Waals surface area contributed by atoms with Gasteiger partial charge in [-0.25, -0.2) is 0 Å². The molecule has 2 nitrogen and oxygen atoms in total. The van der Waals surface area contributed by atoms with Crippen LogP contribution in [0.1, 0.15) is 20.8 Å². The fourth-order valence-corrected chi connectivity index (χ4v) is 3.57. The lowest BCUT2D eigenvalue weighted by Crippen LogP contribution is -2.13. The van der Waals surface area contributed by atoms with Crippen molar-refractivity contribution in [2.45, 2.75) is 25.7 Å². The van der Waals surface area contributed by atoms with E-state index in [9.17, 15) is 5.11 Å². The summed E-state index contributed by atoms with van der Waals surface area (Å²) >= 11 is 1.74. The fraction of sp³-hybridized carbons (Fsp3) is 0.429. The number of benzene rings is 2. The Bertz CT molecular complexity index is 599. The summed E-state index contributed by atoms with van der Waals surface area (Å²) in [4.78, 5) is 1.26. The normalized spacial score (nSPS) is 23.2. The highest BCUT2D eigenvalue weighted by molar-refractivity contribution is 7.98. The third-order valence-electron chi connectivity index (χ3n) is 4.81. The van der Waals surface area contributed by atoms with Crippen LogP contribution in [0.5, 0.6) is 5.75 Å². The number of thioether (sulfide) groups is 1. The van der Waals surface area contributed by atoms with Crippen LogP contribution in [0.4, 0.5) is 0 Å². The highest BCUT2D eigenvalue weighted by atomic mass is 32.2. The second kappa shape index (κ2) is 9.14. The maximum absolute atomic E-state index is 9.18. The molecule has 0 amide bonds. The van der Waals surface area contributed by atoms with Crippen LogP contribution in [0.3, 0.4) is 0 Å². The Morgan fingerprint density at radius 1 is 0.875 bits per heavy atom. The largest absolute Gasteiger partial charge is 0.508 e. The Morgan fingerprint density at radius 3 is 1.71 bits per heavy atom. The Labute approximate surface area is 150 Å². The van der Waals surface area contributed by atoms with E-state index in [0.717, 1.165) is 23.3 Å². The van der Waals surface area contributed by atoms with Gasteiger partial charge in [-0.3, -0.25) is 0 Å². The first-order valence-corrected chi connectivity index (χ1v) is 10.1. The summed E-state index contributed by atoms with van der Waals surface area (Å²) in [6.45, 7) is 8.95. The van der Waals surface area contributed by atoms with Crippen LogP contribution in [0.25, 0.3) is 11.1 Å². The number of phenols is 1. The van der Waals surface area contributed by atoms with Crippen LogP contribution in [-0.4, -0.2) is 24.5 Å². The lowest BCUT2D eigenvalue weighted by Gasteiger charge is -2.02. The molecule has 2 aromatic rings. The predicted octanol–water partition coefficient (Wildman–Crippen LogP) is 5.28. The molecule has 1 heterocycles. The summed E-state index contributed by atoms with van der Waals surface area (Å²) in [5.74, 6) is 3.50. The fourth-order valence-electron chi connectivity index (χ4n) is 3.17. The van der Waals surface area contributed by atoms with Crippen molar-refractivity contribution >= 4 is 11.8 Å². The molecule has 2 aliphatic rings. The first kappa shape index (κ1) is 18.9. The highest BCUT2D eigenvalue weighted by Gasteiger charge is 2.49. The number of hydrogen-bond donors (Lipinski definition) is 2. The van der Waals surface area contributed by atoms with Crippen molar-refractivity contribution in [3.05, 3.63) is 48.5 Å². The molecule has 0 spiro atoms. The average Bonchev–Trinajstić information content (AvgIpc) is 3.04. The minimum absolute atomic E-state index is 0.305. The second-order valence-corrected chi connectivity index (χ2v) is 7.00. The average molecular weight is 344 g/mol. The van der Waals surface area contributed by atoms with E-state index in [-0.39, 0.29) is 0 Å². The highest BCUT2D eigenvalue weighted by Crippen LogP contribution is 2.47. The van der Waals surface area contributed by atoms with E-state index in [1.807, 2.05) is 26.0 Å². The van der Waals surface area contributed by atoms with Gasteiger partial charge in [0.1, 0.15) is 5.75 Å². The van der Waals surface area contributed by atoms with Crippen LogP contribution in [-0.2, 0) is 0 Å². The van der Waals surface area contributed by atoms with Crippen molar-refractivity contribution in [1.82, 2.24) is 5.32 Å². The molecular formula is C21H29NOS. The van der Waals surface area contributed by atoms with Crippen LogP contribution >= 0.6 is 11.8 Å². The van der Waals surface area contributed by atoms with Crippen molar-refractivity contribution in [1.29, 1.82) is 0 Å². The molecule has 2 aromatic carbocycles. The van der Waals surface area contributed by atoms with Gasteiger partial charge in [-0.2, -0.15) is 0 Å². The van der Waals surface area contributed by atoms with E-state index < -0.39 is 0 Å². The van der Waals surface area contributed by atoms with Crippen molar-refractivity contribution in [2.24, 2.45) is 17.8 Å². The van der Waals surface area contributed by atoms with Crippen LogP contribution in [0, 0.1) is 17.8 Å². The van der Waals surface area contributed by atoms with Gasteiger partial charge in [0.25, 0.3) is 0 Å². The molecule has 2 unspecified atom stereocenters. The van der Waals surface area contributed by atoms with Crippen molar-refractivity contribution < 1.29 is 5.11 Å². The predicted molar refractivity (Wildman–Crippen MR) is 106 cm³/mol. The molecule has 4 rings (SSSR count). The summed E-state index contributed by atoms with van der Waals surface area (Å²) in [6.07, 6.45) is 2.07. The number of fused-ring (bicyclic) bond motifs is 1. The van der Waals surface area contributed by atoms with Gasteiger partial charge in [-0.1, -0.05) is 45.0 Å². The van der Waals surface area contributed by atoms with Crippen molar-refractivity contribution in [3.63, 3.8) is 0 Å². The van der Waals surface area contributed by atoms with Gasteiger partial charge in [0.15, 0.2) is 0 Å². The Hall–Kier alpha value is -1.45. The smallest absolute Gasteiger partial charge is 0.115 e. The Kier molecular flexibility index (Phi) is 7.19. The third kappa shape index (κ3) is 4.78. The number of hydrogen-bond acceptors (Lipinski definition) is 3. The number of phenolic OH excluding ortho intramolecular Hbond substituents is 1. The molecule has 1 aliphatic heterocycles. The van der Waals surface area contributed by atoms with Crippen LogP contribution < -0.4 is 5.32 Å². The van der Waals surface area contributed by atoms with Gasteiger partial charge >= 0.3 is 0 Å². The van der Waals surface area contributed by atoms with E-state index in [2.05, 4.69) is 42.8 Å². The monoisotopic (exact) mass is 343 g/mol. The quantitative estimate of drug-likeness (QED) is 0.728. The SMILES string of the molecule is CC.CC1C2CNCC12.CSc1ccc(-c2ccc(O)cc2)cc1. The molecule has 1 saturated carbocycles.